The van der Waals surface area contributed by atoms with Crippen molar-refractivity contribution in [3.8, 4) is 5.75 Å². The summed E-state index contributed by atoms with van der Waals surface area (Å²) in [5.74, 6) is 0.125. The highest BCUT2D eigenvalue weighted by Crippen LogP contribution is 2.24. The molecule has 2 amide bonds. The van der Waals surface area contributed by atoms with Gasteiger partial charge in [0.25, 0.3) is 5.91 Å². The number of hydrogen-bond donors (Lipinski definition) is 1. The molecule has 30 heavy (non-hydrogen) atoms. The number of hydrogen-bond acceptors (Lipinski definition) is 3. The number of carbonyl (C=O) groups excluding carboxylic acids is 2. The maximum absolute atomic E-state index is 13.1. The van der Waals surface area contributed by atoms with Crippen molar-refractivity contribution in [2.75, 3.05) is 13.7 Å². The molecule has 0 fully saturated rings. The number of ether oxygens (including phenoxy) is 1. The molecule has 0 saturated carbocycles. The fourth-order valence-electron chi connectivity index (χ4n) is 3.18. The molecular formula is C24H31ClN2O3. The van der Waals surface area contributed by atoms with Crippen molar-refractivity contribution < 1.29 is 14.3 Å². The highest BCUT2D eigenvalue weighted by atomic mass is 35.5. The van der Waals surface area contributed by atoms with Crippen LogP contribution in [0, 0.1) is 0 Å². The predicted octanol–water partition coefficient (Wildman–Crippen LogP) is 4.57. The molecule has 0 heterocycles. The maximum Gasteiger partial charge on any atom is 0.261 e. The topological polar surface area (TPSA) is 58.6 Å². The summed E-state index contributed by atoms with van der Waals surface area (Å²) < 4.78 is 5.74. The van der Waals surface area contributed by atoms with Gasteiger partial charge in [0, 0.05) is 18.6 Å². The van der Waals surface area contributed by atoms with Gasteiger partial charge in [0.05, 0.1) is 0 Å². The van der Waals surface area contributed by atoms with E-state index in [9.17, 15) is 9.59 Å². The van der Waals surface area contributed by atoms with Gasteiger partial charge in [-0.15, -0.1) is 0 Å². The molecule has 162 valence electrons. The predicted molar refractivity (Wildman–Crippen MR) is 121 cm³/mol. The van der Waals surface area contributed by atoms with Gasteiger partial charge < -0.3 is 15.0 Å². The molecule has 0 aliphatic carbocycles. The smallest absolute Gasteiger partial charge is 0.261 e. The largest absolute Gasteiger partial charge is 0.484 e. The van der Waals surface area contributed by atoms with Crippen LogP contribution < -0.4 is 10.1 Å². The van der Waals surface area contributed by atoms with Gasteiger partial charge in [-0.05, 0) is 41.2 Å². The van der Waals surface area contributed by atoms with E-state index in [4.69, 9.17) is 16.3 Å². The van der Waals surface area contributed by atoms with E-state index in [1.54, 1.807) is 13.1 Å². The van der Waals surface area contributed by atoms with E-state index in [2.05, 4.69) is 26.1 Å². The van der Waals surface area contributed by atoms with Gasteiger partial charge in [0.1, 0.15) is 11.8 Å². The molecule has 0 aliphatic heterocycles. The molecule has 0 spiro atoms. The van der Waals surface area contributed by atoms with E-state index in [0.29, 0.717) is 17.2 Å². The van der Waals surface area contributed by atoms with Crippen molar-refractivity contribution in [1.29, 1.82) is 0 Å². The number of carbonyl (C=O) groups is 2. The summed E-state index contributed by atoms with van der Waals surface area (Å²) in [5, 5.41) is 3.20. The van der Waals surface area contributed by atoms with Crippen molar-refractivity contribution in [2.45, 2.75) is 52.1 Å². The Balaban J connectivity index is 2.17. The van der Waals surface area contributed by atoms with Gasteiger partial charge in [0.15, 0.2) is 6.61 Å². The molecule has 0 saturated heterocycles. The SMILES string of the molecule is CC[C@@H](C(=O)NC)N(Cc1ccccc1Cl)C(=O)COc1ccc(C(C)(C)C)cc1. The number of rotatable bonds is 8. The minimum absolute atomic E-state index is 0.0436. The lowest BCUT2D eigenvalue weighted by Gasteiger charge is -2.30. The summed E-state index contributed by atoms with van der Waals surface area (Å²) in [6, 6.07) is 14.4. The summed E-state index contributed by atoms with van der Waals surface area (Å²) in [5.41, 5.74) is 2.01. The average Bonchev–Trinajstić information content (AvgIpc) is 2.72. The van der Waals surface area contributed by atoms with Crippen LogP contribution in [0.5, 0.6) is 5.75 Å². The van der Waals surface area contributed by atoms with Crippen molar-refractivity contribution in [2.24, 2.45) is 0 Å². The number of nitrogens with zero attached hydrogens (tertiary/aromatic N) is 1. The quantitative estimate of drug-likeness (QED) is 0.667. The van der Waals surface area contributed by atoms with E-state index in [-0.39, 0.29) is 30.4 Å². The first-order valence-corrected chi connectivity index (χ1v) is 10.5. The Morgan fingerprint density at radius 3 is 2.27 bits per heavy atom. The van der Waals surface area contributed by atoms with Gasteiger partial charge in [-0.1, -0.05) is 69.6 Å². The van der Waals surface area contributed by atoms with Crippen molar-refractivity contribution >= 4 is 23.4 Å². The molecule has 0 aromatic heterocycles. The number of amides is 2. The van der Waals surface area contributed by atoms with Crippen LogP contribution in [-0.2, 0) is 21.5 Å². The van der Waals surface area contributed by atoms with Crippen LogP contribution in [-0.4, -0.2) is 36.4 Å². The zero-order valence-corrected chi connectivity index (χ0v) is 19.1. The van der Waals surface area contributed by atoms with Crippen LogP contribution in [0.1, 0.15) is 45.2 Å². The summed E-state index contributed by atoms with van der Waals surface area (Å²) in [7, 11) is 1.57. The van der Waals surface area contributed by atoms with E-state index in [0.717, 1.165) is 5.56 Å². The van der Waals surface area contributed by atoms with Crippen LogP contribution >= 0.6 is 11.6 Å². The first kappa shape index (κ1) is 23.7. The summed E-state index contributed by atoms with van der Waals surface area (Å²) >= 11 is 6.29. The van der Waals surface area contributed by atoms with Crippen LogP contribution in [0.25, 0.3) is 0 Å². The van der Waals surface area contributed by atoms with E-state index < -0.39 is 6.04 Å². The van der Waals surface area contributed by atoms with Gasteiger partial charge in [-0.3, -0.25) is 9.59 Å². The molecule has 1 N–H and O–H groups in total. The third kappa shape index (κ3) is 6.23. The second kappa shape index (κ2) is 10.5. The highest BCUT2D eigenvalue weighted by Gasteiger charge is 2.28. The lowest BCUT2D eigenvalue weighted by Crippen LogP contribution is -2.49. The Morgan fingerprint density at radius 1 is 1.10 bits per heavy atom. The van der Waals surface area contributed by atoms with Crippen LogP contribution in [0.15, 0.2) is 48.5 Å². The van der Waals surface area contributed by atoms with Crippen LogP contribution in [0.4, 0.5) is 0 Å². The van der Waals surface area contributed by atoms with Gasteiger partial charge >= 0.3 is 0 Å². The normalized spacial score (nSPS) is 12.2. The summed E-state index contributed by atoms with van der Waals surface area (Å²) in [6.07, 6.45) is 0.482. The summed E-state index contributed by atoms with van der Waals surface area (Å²) in [6.45, 7) is 8.37. The first-order chi connectivity index (χ1) is 14.2. The lowest BCUT2D eigenvalue weighted by molar-refractivity contribution is -0.142. The number of likely N-dealkylation sites (N-methyl/N-ethyl adjacent to an activating group) is 1. The van der Waals surface area contributed by atoms with Gasteiger partial charge in [-0.2, -0.15) is 0 Å². The molecule has 2 aromatic rings. The number of benzene rings is 2. The minimum Gasteiger partial charge on any atom is -0.484 e. The molecule has 0 unspecified atom stereocenters. The maximum atomic E-state index is 13.1. The molecule has 2 rings (SSSR count). The Kier molecular flexibility index (Phi) is 8.30. The average molecular weight is 431 g/mol. The Morgan fingerprint density at radius 2 is 1.73 bits per heavy atom. The van der Waals surface area contributed by atoms with Crippen molar-refractivity contribution in [1.82, 2.24) is 10.2 Å². The molecule has 6 heteroatoms. The third-order valence-electron chi connectivity index (χ3n) is 5.01. The van der Waals surface area contributed by atoms with Crippen molar-refractivity contribution in [3.05, 3.63) is 64.7 Å². The standard InChI is InChI=1S/C24H31ClN2O3/c1-6-21(23(29)26-5)27(15-17-9-7-8-10-20(17)25)22(28)16-30-19-13-11-18(12-14-19)24(2,3)4/h7-14,21H,6,15-16H2,1-5H3,(H,26,29)/t21-/m0/s1. The fraction of sp³-hybridized carbons (Fsp3) is 0.417. The Labute approximate surface area is 184 Å². The highest BCUT2D eigenvalue weighted by molar-refractivity contribution is 6.31. The molecule has 5 nitrogen and oxygen atoms in total. The van der Waals surface area contributed by atoms with E-state index in [1.165, 1.54) is 10.5 Å². The lowest BCUT2D eigenvalue weighted by atomic mass is 9.87. The fourth-order valence-corrected chi connectivity index (χ4v) is 3.37. The second-order valence-electron chi connectivity index (χ2n) is 8.21. The summed E-state index contributed by atoms with van der Waals surface area (Å²) in [4.78, 5) is 27.0. The number of nitrogens with one attached hydrogen (secondary N) is 1. The van der Waals surface area contributed by atoms with Gasteiger partial charge in [-0.25, -0.2) is 0 Å². The zero-order valence-electron chi connectivity index (χ0n) is 18.4. The number of halogens is 1. The monoisotopic (exact) mass is 430 g/mol. The van der Waals surface area contributed by atoms with Gasteiger partial charge in [0.2, 0.25) is 5.91 Å². The van der Waals surface area contributed by atoms with Crippen LogP contribution in [0.2, 0.25) is 5.02 Å². The third-order valence-corrected chi connectivity index (χ3v) is 5.38. The zero-order chi connectivity index (χ0) is 22.3. The van der Waals surface area contributed by atoms with E-state index >= 15 is 0 Å². The van der Waals surface area contributed by atoms with Crippen LogP contribution in [0.3, 0.4) is 0 Å². The Bertz CT molecular complexity index is 859. The molecule has 2 aromatic carbocycles. The minimum atomic E-state index is -0.606. The molecule has 0 radical (unpaired) electrons. The Hall–Kier alpha value is -2.53. The van der Waals surface area contributed by atoms with Crippen molar-refractivity contribution in [3.63, 3.8) is 0 Å². The molecule has 0 bridgehead atoms. The molecular weight excluding hydrogens is 400 g/mol. The first-order valence-electron chi connectivity index (χ1n) is 10.1. The molecule has 0 aliphatic rings. The second-order valence-corrected chi connectivity index (χ2v) is 8.62. The van der Waals surface area contributed by atoms with E-state index in [1.807, 2.05) is 49.4 Å². The molecule has 1 atom stereocenters.